The lowest BCUT2D eigenvalue weighted by Gasteiger charge is -2.19. The van der Waals surface area contributed by atoms with Gasteiger partial charge in [-0.15, -0.1) is 0 Å². The van der Waals surface area contributed by atoms with Gasteiger partial charge in [-0.25, -0.2) is 4.79 Å². The van der Waals surface area contributed by atoms with E-state index in [-0.39, 0.29) is 36.0 Å². The van der Waals surface area contributed by atoms with Crippen molar-refractivity contribution >= 4 is 29.6 Å². The molecular formula is C39H63N5O3S. The number of nitrogens with two attached hydrogens (primary N) is 1. The summed E-state index contributed by atoms with van der Waals surface area (Å²) in [5.41, 5.74) is 5.73. The van der Waals surface area contributed by atoms with Crippen molar-refractivity contribution in [2.24, 2.45) is 5.73 Å². The fourth-order valence-corrected chi connectivity index (χ4v) is 7.29. The highest BCUT2D eigenvalue weighted by Crippen LogP contribution is 2.33. The quantitative estimate of drug-likeness (QED) is 0.0353. The van der Waals surface area contributed by atoms with Crippen LogP contribution < -0.4 is 27.0 Å². The lowest BCUT2D eigenvalue weighted by atomic mass is 10.0. The van der Waals surface area contributed by atoms with E-state index in [1.165, 1.54) is 0 Å². The Balaban J connectivity index is 1.46. The fraction of sp³-hybridized carbons (Fsp3) is 0.615. The maximum absolute atomic E-state index is 12.6. The van der Waals surface area contributed by atoms with E-state index < -0.39 is 0 Å². The molecule has 0 aromatic carbocycles. The molecule has 0 aromatic rings. The molecule has 2 heterocycles. The Labute approximate surface area is 295 Å². The van der Waals surface area contributed by atoms with Gasteiger partial charge in [0.25, 0.3) is 0 Å². The van der Waals surface area contributed by atoms with Crippen molar-refractivity contribution < 1.29 is 14.4 Å². The number of nitrogens with one attached hydrogen (secondary N) is 4. The summed E-state index contributed by atoms with van der Waals surface area (Å²) in [7, 11) is 0. The number of hydrogen-bond acceptors (Lipinski definition) is 5. The molecule has 0 aromatic heterocycles. The van der Waals surface area contributed by atoms with Gasteiger partial charge in [0.05, 0.1) is 12.1 Å². The zero-order chi connectivity index (χ0) is 34.5. The molecule has 8 nitrogen and oxygen atoms in total. The molecule has 0 aliphatic carbocycles. The zero-order valence-electron chi connectivity index (χ0n) is 29.4. The van der Waals surface area contributed by atoms with Crippen LogP contribution in [0.2, 0.25) is 0 Å². The minimum Gasteiger partial charge on any atom is -0.356 e. The first-order chi connectivity index (χ1) is 23.5. The van der Waals surface area contributed by atoms with Crippen LogP contribution in [0.5, 0.6) is 0 Å². The third-order valence-corrected chi connectivity index (χ3v) is 9.90. The number of carbonyl (C=O) groups excluding carboxylic acids is 3. The van der Waals surface area contributed by atoms with Crippen LogP contribution in [-0.2, 0) is 9.59 Å². The third-order valence-electron chi connectivity index (χ3n) is 8.39. The van der Waals surface area contributed by atoms with Crippen molar-refractivity contribution in [1.29, 1.82) is 0 Å². The van der Waals surface area contributed by atoms with Gasteiger partial charge in [0.2, 0.25) is 11.8 Å². The second kappa shape index (κ2) is 27.9. The molecular weight excluding hydrogens is 619 g/mol. The molecule has 2 fully saturated rings. The van der Waals surface area contributed by atoms with Crippen LogP contribution in [0.15, 0.2) is 72.9 Å². The standard InChI is InChI=1S/C39H63N5O3S/c1-2-3-4-5-6-7-8-9-10-11-12-13-14-15-16-17-18-19-20-28-36(45)41-31-24-26-33(25-23-30-40)42-37(46)29-22-21-27-35-38-34(32-48-35)43-39(47)44-38/h3-4,6-7,9-10,12-13,15-16,18-19,33-35,38H,2,5,8,11,14,17,20-32,40H2,1H3,(H,41,45)(H,42,46)(H2,43,44,47)/b4-3-,7-6-,10-9-,13-12-,16-15-,19-18-/t33?,34-,35-,38-/m0/s1. The molecule has 268 valence electrons. The van der Waals surface area contributed by atoms with Crippen LogP contribution in [0.3, 0.4) is 0 Å². The molecule has 0 saturated carbocycles. The van der Waals surface area contributed by atoms with Gasteiger partial charge in [0, 0.05) is 36.4 Å². The largest absolute Gasteiger partial charge is 0.356 e. The summed E-state index contributed by atoms with van der Waals surface area (Å²) in [6.07, 6.45) is 40.0. The summed E-state index contributed by atoms with van der Waals surface area (Å²) in [6, 6.07) is 0.488. The first-order valence-electron chi connectivity index (χ1n) is 18.4. The number of unbranched alkanes of at least 4 members (excludes halogenated alkanes) is 1. The van der Waals surface area contributed by atoms with Gasteiger partial charge >= 0.3 is 6.03 Å². The van der Waals surface area contributed by atoms with Gasteiger partial charge in [0.1, 0.15) is 0 Å². The summed E-state index contributed by atoms with van der Waals surface area (Å²) >= 11 is 1.91. The zero-order valence-corrected chi connectivity index (χ0v) is 30.2. The van der Waals surface area contributed by atoms with Crippen molar-refractivity contribution in [2.45, 2.75) is 133 Å². The van der Waals surface area contributed by atoms with E-state index in [4.69, 9.17) is 5.73 Å². The van der Waals surface area contributed by atoms with Crippen molar-refractivity contribution in [2.75, 3.05) is 18.8 Å². The predicted molar refractivity (Wildman–Crippen MR) is 204 cm³/mol. The Bertz CT molecular complexity index is 1080. The number of thioether (sulfide) groups is 1. The number of amides is 4. The highest BCUT2D eigenvalue weighted by atomic mass is 32.2. The summed E-state index contributed by atoms with van der Waals surface area (Å²) < 4.78 is 0. The number of allylic oxidation sites excluding steroid dienone is 12. The van der Waals surface area contributed by atoms with E-state index in [2.05, 4.69) is 101 Å². The van der Waals surface area contributed by atoms with E-state index in [0.717, 1.165) is 95.6 Å². The number of rotatable bonds is 27. The Hall–Kier alpha value is -3.04. The van der Waals surface area contributed by atoms with Gasteiger partial charge in [-0.05, 0) is 90.0 Å². The Kier molecular flexibility index (Phi) is 23.9. The summed E-state index contributed by atoms with van der Waals surface area (Å²) in [4.78, 5) is 36.4. The van der Waals surface area contributed by atoms with Crippen molar-refractivity contribution in [3.63, 3.8) is 0 Å². The average Bonchev–Trinajstić information content (AvgIpc) is 3.63. The summed E-state index contributed by atoms with van der Waals surface area (Å²) in [5.74, 6) is 1.11. The van der Waals surface area contributed by atoms with E-state index >= 15 is 0 Å². The van der Waals surface area contributed by atoms with Crippen molar-refractivity contribution in [3.8, 4) is 0 Å². The van der Waals surface area contributed by atoms with Crippen LogP contribution in [-0.4, -0.2) is 60.1 Å². The average molecular weight is 682 g/mol. The van der Waals surface area contributed by atoms with Gasteiger partial charge in [0.15, 0.2) is 0 Å². The minimum atomic E-state index is -0.0568. The lowest BCUT2D eigenvalue weighted by molar-refractivity contribution is -0.122. The van der Waals surface area contributed by atoms with Gasteiger partial charge in [-0.2, -0.15) is 11.8 Å². The molecule has 6 N–H and O–H groups in total. The first-order valence-corrected chi connectivity index (χ1v) is 19.4. The van der Waals surface area contributed by atoms with Gasteiger partial charge in [-0.1, -0.05) is 86.3 Å². The maximum Gasteiger partial charge on any atom is 0.315 e. The van der Waals surface area contributed by atoms with E-state index in [1.54, 1.807) is 0 Å². The number of carbonyl (C=O) groups is 3. The molecule has 2 saturated heterocycles. The Morgan fingerprint density at radius 2 is 1.40 bits per heavy atom. The highest BCUT2D eigenvalue weighted by molar-refractivity contribution is 8.00. The van der Waals surface area contributed by atoms with Crippen LogP contribution >= 0.6 is 11.8 Å². The molecule has 9 heteroatoms. The minimum absolute atomic E-state index is 0.0568. The molecule has 1 unspecified atom stereocenters. The molecule has 2 aliphatic heterocycles. The van der Waals surface area contributed by atoms with E-state index in [9.17, 15) is 14.4 Å². The van der Waals surface area contributed by atoms with Gasteiger partial charge in [-0.3, -0.25) is 9.59 Å². The topological polar surface area (TPSA) is 125 Å². The van der Waals surface area contributed by atoms with Crippen LogP contribution in [0.25, 0.3) is 0 Å². The fourth-order valence-electron chi connectivity index (χ4n) is 5.75. The first kappa shape index (κ1) is 41.1. The van der Waals surface area contributed by atoms with Gasteiger partial charge < -0.3 is 27.0 Å². The van der Waals surface area contributed by atoms with Crippen LogP contribution in [0.4, 0.5) is 4.79 Å². The van der Waals surface area contributed by atoms with E-state index in [1.807, 2.05) is 11.8 Å². The maximum atomic E-state index is 12.6. The molecule has 48 heavy (non-hydrogen) atoms. The molecule has 4 amide bonds. The third kappa shape index (κ3) is 20.4. The molecule has 0 spiro atoms. The van der Waals surface area contributed by atoms with Crippen LogP contribution in [0, 0.1) is 0 Å². The number of fused-ring (bicyclic) bond motifs is 1. The predicted octanol–water partition coefficient (Wildman–Crippen LogP) is 7.31. The highest BCUT2D eigenvalue weighted by Gasteiger charge is 2.42. The second-order valence-electron chi connectivity index (χ2n) is 12.5. The van der Waals surface area contributed by atoms with E-state index in [0.29, 0.717) is 31.2 Å². The van der Waals surface area contributed by atoms with Crippen molar-refractivity contribution in [3.05, 3.63) is 72.9 Å². The lowest BCUT2D eigenvalue weighted by Crippen LogP contribution is -2.37. The Morgan fingerprint density at radius 3 is 2.02 bits per heavy atom. The van der Waals surface area contributed by atoms with Crippen LogP contribution in [0.1, 0.15) is 110 Å². The Morgan fingerprint density at radius 1 is 0.792 bits per heavy atom. The van der Waals surface area contributed by atoms with Crippen molar-refractivity contribution in [1.82, 2.24) is 21.3 Å². The summed E-state index contributed by atoms with van der Waals surface area (Å²) in [5, 5.41) is 12.6. The second-order valence-corrected chi connectivity index (χ2v) is 13.8. The SMILES string of the molecule is CC/C=C\C/C=C\C/C=C\C/C=C\C/C=C\C/C=C\CCC(=O)NCCCC(CCCN)NC(=O)CCCC[C@@H]1SC[C@@H]2NC(=O)N[C@@H]21. The smallest absolute Gasteiger partial charge is 0.315 e. The monoisotopic (exact) mass is 681 g/mol. The number of hydrogen-bond donors (Lipinski definition) is 5. The molecule has 2 rings (SSSR count). The number of urea groups is 1. The normalized spacial score (nSPS) is 20.1. The molecule has 4 atom stereocenters. The molecule has 2 aliphatic rings. The summed E-state index contributed by atoms with van der Waals surface area (Å²) in [6.45, 7) is 3.37. The molecule has 0 radical (unpaired) electrons. The molecule has 0 bridgehead atoms.